The zero-order valence-electron chi connectivity index (χ0n) is 36.2. The van der Waals surface area contributed by atoms with Crippen molar-refractivity contribution in [2.45, 2.75) is 106 Å². The van der Waals surface area contributed by atoms with Crippen LogP contribution in [0.3, 0.4) is 0 Å². The maximum Gasteiger partial charge on any atom is 0.326 e. The highest BCUT2D eigenvalue weighted by Crippen LogP contribution is 2.15. The molecule has 0 spiro atoms. The van der Waals surface area contributed by atoms with Crippen molar-refractivity contribution in [2.75, 3.05) is 31.3 Å². The van der Waals surface area contributed by atoms with Gasteiger partial charge >= 0.3 is 11.9 Å². The van der Waals surface area contributed by atoms with Crippen LogP contribution in [-0.4, -0.2) is 194 Å². The monoisotopic (exact) mass is 965 g/mol. The van der Waals surface area contributed by atoms with Crippen molar-refractivity contribution in [3.05, 3.63) is 52.1 Å². The third-order valence-electron chi connectivity index (χ3n) is 10.1. The summed E-state index contributed by atoms with van der Waals surface area (Å²) in [7, 11) is 1.20. The molecule has 68 heavy (non-hydrogen) atoms. The predicted molar refractivity (Wildman–Crippen MR) is 230 cm³/mol. The number of amides is 5. The van der Waals surface area contributed by atoms with Crippen LogP contribution in [0.5, 0.6) is 0 Å². The van der Waals surface area contributed by atoms with E-state index in [1.54, 1.807) is 0 Å². The molecule has 5 amide bonds. The van der Waals surface area contributed by atoms with Crippen molar-refractivity contribution >= 4 is 64.3 Å². The number of aromatic amines is 1. The van der Waals surface area contributed by atoms with Gasteiger partial charge in [-0.1, -0.05) is 0 Å². The molecule has 0 unspecified atom stereocenters. The standard InChI is InChI=1S/C39H55N11O18/c1-41-26(56)10-22(31(61)33(63)24(54)15-52)48-36(65)19(7-9-28(58)59)45-27(57)11-21(30(60)32(62)23(53)14-51)46-25(55)8-6-20(38(67)68)47-35(64)16-2-4-17(5-3-16)42-12-18-13-43-34-29(44-18)37(66)50-39(40)49-34/h2-5,13,19-24,30-33,42,51-54,60-63H,6-12,14-15H2,1H3,(H,41,56)(H,45,57)(H,46,55)(H,47,64)(H,48,65)(H,58,59)(H,67,68)(H3,40,43,49,50,66)/t19-,20-,21+,22+,23+,24+,30+,31+,32+,33+/m0/s1. The number of hydrogen-bond acceptors (Lipinski definition) is 21. The lowest BCUT2D eigenvalue weighted by molar-refractivity contribution is -0.140. The van der Waals surface area contributed by atoms with Crippen molar-refractivity contribution < 1.29 is 84.6 Å². The number of anilines is 2. The summed E-state index contributed by atoms with van der Waals surface area (Å²) in [6, 6.07) is -1.38. The Labute approximate surface area is 384 Å². The van der Waals surface area contributed by atoms with E-state index in [4.69, 9.17) is 5.73 Å². The number of aliphatic hydroxyl groups excluding tert-OH is 8. The number of fused-ring (bicyclic) bond motifs is 1. The second-order valence-electron chi connectivity index (χ2n) is 15.2. The summed E-state index contributed by atoms with van der Waals surface area (Å²) >= 11 is 0. The normalized spacial score (nSPS) is 15.7. The smallest absolute Gasteiger partial charge is 0.326 e. The minimum absolute atomic E-state index is 0.00385. The largest absolute Gasteiger partial charge is 0.481 e. The number of hydrogen-bond donors (Lipinski definition) is 18. The van der Waals surface area contributed by atoms with Crippen molar-refractivity contribution in [2.24, 2.45) is 0 Å². The van der Waals surface area contributed by atoms with Gasteiger partial charge in [-0.25, -0.2) is 14.8 Å². The molecule has 10 atom stereocenters. The Hall–Kier alpha value is -6.99. The molecule has 0 saturated heterocycles. The first-order valence-electron chi connectivity index (χ1n) is 20.6. The highest BCUT2D eigenvalue weighted by molar-refractivity contribution is 5.97. The van der Waals surface area contributed by atoms with Crippen LogP contribution in [0.25, 0.3) is 11.2 Å². The first-order valence-corrected chi connectivity index (χ1v) is 20.6. The average Bonchev–Trinajstić information content (AvgIpc) is 3.31. The molecule has 0 fully saturated rings. The first-order chi connectivity index (χ1) is 32.1. The summed E-state index contributed by atoms with van der Waals surface area (Å²) < 4.78 is 0. The van der Waals surface area contributed by atoms with Gasteiger partial charge in [-0.2, -0.15) is 4.98 Å². The number of H-pyrrole nitrogens is 1. The summed E-state index contributed by atoms with van der Waals surface area (Å²) in [6.07, 6.45) is -15.7. The van der Waals surface area contributed by atoms with Gasteiger partial charge in [-0.05, 0) is 37.1 Å². The Balaban J connectivity index is 1.70. The van der Waals surface area contributed by atoms with Crippen LogP contribution in [-0.2, 0) is 35.3 Å². The molecule has 3 aromatic rings. The van der Waals surface area contributed by atoms with Gasteiger partial charge in [0.25, 0.3) is 11.5 Å². The van der Waals surface area contributed by atoms with Crippen LogP contribution in [0, 0.1) is 0 Å². The molecule has 0 saturated carbocycles. The second-order valence-corrected chi connectivity index (χ2v) is 15.2. The number of aromatic nitrogens is 4. The fraction of sp³-hybridized carbons (Fsp3) is 0.513. The van der Waals surface area contributed by atoms with E-state index < -0.39 is 160 Å². The Kier molecular flexibility index (Phi) is 21.5. The highest BCUT2D eigenvalue weighted by atomic mass is 16.4. The average molecular weight is 966 g/mol. The molecule has 2 heterocycles. The predicted octanol–water partition coefficient (Wildman–Crippen LogP) is -7.13. The Morgan fingerprint density at radius 2 is 1.28 bits per heavy atom. The quantitative estimate of drug-likeness (QED) is 0.0321. The number of nitrogens with one attached hydrogen (secondary N) is 7. The molecule has 0 aliphatic carbocycles. The lowest BCUT2D eigenvalue weighted by Crippen LogP contribution is -2.58. The first kappa shape index (κ1) is 55.3. The second kappa shape index (κ2) is 26.4. The molecule has 374 valence electrons. The Bertz CT molecular complexity index is 2290. The van der Waals surface area contributed by atoms with E-state index in [1.165, 1.54) is 37.5 Å². The van der Waals surface area contributed by atoms with E-state index in [1.807, 2.05) is 0 Å². The number of carboxylic acids is 2. The fourth-order valence-corrected chi connectivity index (χ4v) is 6.28. The van der Waals surface area contributed by atoms with Gasteiger partial charge in [0.15, 0.2) is 11.2 Å². The molecule has 2 aromatic heterocycles. The number of nitrogens with zero attached hydrogens (tertiary/aromatic N) is 3. The molecule has 29 nitrogen and oxygen atoms in total. The molecule has 29 heteroatoms. The minimum atomic E-state index is -2.24. The van der Waals surface area contributed by atoms with Gasteiger partial charge in [0, 0.05) is 44.0 Å². The topological polar surface area (TPSA) is 492 Å². The number of carbonyl (C=O) groups is 7. The summed E-state index contributed by atoms with van der Waals surface area (Å²) in [5.74, 6) is -8.32. The van der Waals surface area contributed by atoms with Crippen LogP contribution in [0.1, 0.15) is 54.6 Å². The van der Waals surface area contributed by atoms with E-state index in [2.05, 4.69) is 51.8 Å². The molecular weight excluding hydrogens is 910 g/mol. The Morgan fingerprint density at radius 3 is 1.84 bits per heavy atom. The molecule has 0 aliphatic heterocycles. The van der Waals surface area contributed by atoms with Crippen LogP contribution in [0.2, 0.25) is 0 Å². The van der Waals surface area contributed by atoms with E-state index in [0.29, 0.717) is 11.4 Å². The Morgan fingerprint density at radius 1 is 0.706 bits per heavy atom. The molecule has 1 aromatic carbocycles. The van der Waals surface area contributed by atoms with Crippen LogP contribution in [0.4, 0.5) is 11.6 Å². The highest BCUT2D eigenvalue weighted by Gasteiger charge is 2.37. The van der Waals surface area contributed by atoms with E-state index >= 15 is 0 Å². The number of aliphatic hydroxyl groups is 8. The van der Waals surface area contributed by atoms with Crippen LogP contribution in [0.15, 0.2) is 35.3 Å². The number of rotatable bonds is 28. The zero-order valence-corrected chi connectivity index (χ0v) is 36.2. The number of carboxylic acid groups (broad SMARTS) is 2. The zero-order chi connectivity index (χ0) is 50.8. The lowest BCUT2D eigenvalue weighted by atomic mass is 9.97. The molecule has 19 N–H and O–H groups in total. The molecule has 0 radical (unpaired) electrons. The molecular formula is C39H55N11O18. The van der Waals surface area contributed by atoms with E-state index in [0.717, 1.165) is 0 Å². The van der Waals surface area contributed by atoms with E-state index in [-0.39, 0.29) is 29.2 Å². The number of nitrogens with two attached hydrogens (primary N) is 1. The number of benzene rings is 1. The third-order valence-corrected chi connectivity index (χ3v) is 10.1. The SMILES string of the molecule is CNC(=O)C[C@@H](NC(=O)[C@H](CCC(=O)O)NC(=O)C[C@@H](NC(=O)CC[C@H](NC(=O)c1ccc(NCc2cnc3nc(N)[nH]c(=O)c3n2)cc1)C(=O)O)[C@@H](O)[C@H](O)[C@H](O)CO)[C@@H](O)[C@H](O)[C@H](O)CO. The van der Waals surface area contributed by atoms with Gasteiger partial charge in [0.05, 0.1) is 43.7 Å². The van der Waals surface area contributed by atoms with Crippen molar-refractivity contribution in [3.8, 4) is 0 Å². The van der Waals surface area contributed by atoms with E-state index in [9.17, 15) is 89.4 Å². The maximum absolute atomic E-state index is 13.4. The van der Waals surface area contributed by atoms with Gasteiger partial charge in [0.1, 0.15) is 48.7 Å². The van der Waals surface area contributed by atoms with Crippen LogP contribution < -0.4 is 43.2 Å². The number of nitrogen functional groups attached to an aromatic ring is 1. The lowest BCUT2D eigenvalue weighted by Gasteiger charge is -2.31. The van der Waals surface area contributed by atoms with Gasteiger partial charge in [0.2, 0.25) is 29.6 Å². The summed E-state index contributed by atoms with van der Waals surface area (Å²) in [5.41, 5.74) is 5.79. The summed E-state index contributed by atoms with van der Waals surface area (Å²) in [4.78, 5) is 115. The fourth-order valence-electron chi connectivity index (χ4n) is 6.28. The number of aliphatic carboxylic acids is 2. The molecule has 3 rings (SSSR count). The number of carbonyl (C=O) groups excluding carboxylic acids is 5. The summed E-state index contributed by atoms with van der Waals surface area (Å²) in [5, 5.41) is 114. The van der Waals surface area contributed by atoms with Gasteiger partial charge in [-0.3, -0.25) is 38.5 Å². The van der Waals surface area contributed by atoms with Gasteiger partial charge < -0.3 is 88.7 Å². The third kappa shape index (κ3) is 16.7. The van der Waals surface area contributed by atoms with Crippen molar-refractivity contribution in [3.63, 3.8) is 0 Å². The van der Waals surface area contributed by atoms with Gasteiger partial charge in [-0.15, -0.1) is 0 Å². The molecule has 0 aliphatic rings. The van der Waals surface area contributed by atoms with Crippen molar-refractivity contribution in [1.82, 2.24) is 46.5 Å². The molecule has 0 bridgehead atoms. The van der Waals surface area contributed by atoms with Crippen molar-refractivity contribution in [1.29, 1.82) is 0 Å². The maximum atomic E-state index is 13.4. The summed E-state index contributed by atoms with van der Waals surface area (Å²) in [6.45, 7) is -2.05. The van der Waals surface area contributed by atoms with Crippen LogP contribution >= 0.6 is 0 Å². The minimum Gasteiger partial charge on any atom is -0.481 e.